The molecule has 19 heavy (non-hydrogen) atoms. The molecule has 0 aliphatic heterocycles. The minimum atomic E-state index is -3.73. The molecule has 104 valence electrons. The van der Waals surface area contributed by atoms with E-state index in [0.717, 1.165) is 6.39 Å². The van der Waals surface area contributed by atoms with Crippen molar-refractivity contribution in [3.8, 4) is 0 Å². The molecule has 0 saturated carbocycles. The van der Waals surface area contributed by atoms with Crippen molar-refractivity contribution in [2.24, 2.45) is 5.73 Å². The lowest BCUT2D eigenvalue weighted by molar-refractivity contribution is 0.409. The van der Waals surface area contributed by atoms with Crippen LogP contribution in [0.3, 0.4) is 0 Å². The van der Waals surface area contributed by atoms with Gasteiger partial charge in [-0.05, 0) is 13.8 Å². The van der Waals surface area contributed by atoms with Gasteiger partial charge in [-0.2, -0.15) is 4.98 Å². The summed E-state index contributed by atoms with van der Waals surface area (Å²) in [5.74, 6) is 1.05. The van der Waals surface area contributed by atoms with Gasteiger partial charge in [0.1, 0.15) is 16.4 Å². The van der Waals surface area contributed by atoms with Crippen LogP contribution in [0.25, 0.3) is 0 Å². The molecular formula is C10H14N4O4S. The molecule has 3 N–H and O–H groups in total. The van der Waals surface area contributed by atoms with E-state index in [2.05, 4.69) is 19.4 Å². The van der Waals surface area contributed by atoms with Gasteiger partial charge in [-0.15, -0.1) is 0 Å². The third-order valence-corrected chi connectivity index (χ3v) is 4.22. The van der Waals surface area contributed by atoms with Crippen molar-refractivity contribution in [1.82, 2.24) is 14.9 Å². The van der Waals surface area contributed by atoms with Gasteiger partial charge < -0.3 is 14.7 Å². The molecular weight excluding hydrogens is 272 g/mol. The molecule has 2 rings (SSSR count). The Morgan fingerprint density at radius 1 is 1.37 bits per heavy atom. The molecule has 0 aliphatic rings. The SMILES string of the molecule is Cc1oc(C)c(S(=O)(=O)NCc2ncon2)c1CN. The summed E-state index contributed by atoms with van der Waals surface area (Å²) in [6.07, 6.45) is 1.13. The highest BCUT2D eigenvalue weighted by Gasteiger charge is 2.26. The minimum absolute atomic E-state index is 0.0630. The van der Waals surface area contributed by atoms with Crippen LogP contribution >= 0.6 is 0 Å². The van der Waals surface area contributed by atoms with Gasteiger partial charge in [0, 0.05) is 12.1 Å². The lowest BCUT2D eigenvalue weighted by atomic mass is 10.2. The Bertz CT molecular complexity index is 660. The highest BCUT2D eigenvalue weighted by atomic mass is 32.2. The Balaban J connectivity index is 2.29. The lowest BCUT2D eigenvalue weighted by Crippen LogP contribution is -2.25. The summed E-state index contributed by atoms with van der Waals surface area (Å²) in [7, 11) is -3.73. The standard InChI is InChI=1S/C10H14N4O4S/c1-6-8(3-11)10(7(2)18-6)19(15,16)13-4-9-12-5-17-14-9/h5,13H,3-4,11H2,1-2H3. The smallest absolute Gasteiger partial charge is 0.244 e. The number of hydrogen-bond donors (Lipinski definition) is 2. The number of nitrogens with zero attached hydrogens (tertiary/aromatic N) is 2. The average Bonchev–Trinajstić information content (AvgIpc) is 2.94. The van der Waals surface area contributed by atoms with Crippen LogP contribution in [-0.2, 0) is 23.1 Å². The van der Waals surface area contributed by atoms with Gasteiger partial charge in [-0.25, -0.2) is 13.1 Å². The van der Waals surface area contributed by atoms with Crippen LogP contribution in [0.5, 0.6) is 0 Å². The first-order valence-electron chi connectivity index (χ1n) is 5.49. The number of furan rings is 1. The highest BCUT2D eigenvalue weighted by molar-refractivity contribution is 7.89. The van der Waals surface area contributed by atoms with Gasteiger partial charge in [0.2, 0.25) is 16.4 Å². The molecule has 0 spiro atoms. The second-order valence-electron chi connectivity index (χ2n) is 3.90. The Morgan fingerprint density at radius 3 is 2.68 bits per heavy atom. The average molecular weight is 286 g/mol. The summed E-state index contributed by atoms with van der Waals surface area (Å²) < 4.78 is 36.7. The third-order valence-electron chi connectivity index (χ3n) is 2.63. The van der Waals surface area contributed by atoms with Gasteiger partial charge in [0.15, 0.2) is 5.82 Å². The number of nitrogens with two attached hydrogens (primary N) is 1. The van der Waals surface area contributed by atoms with Gasteiger partial charge in [-0.3, -0.25) is 0 Å². The second-order valence-corrected chi connectivity index (χ2v) is 5.60. The Kier molecular flexibility index (Phi) is 3.69. The summed E-state index contributed by atoms with van der Waals surface area (Å²) in [5, 5.41) is 3.52. The molecule has 0 fully saturated rings. The number of aromatic nitrogens is 2. The highest BCUT2D eigenvalue weighted by Crippen LogP contribution is 2.25. The quantitative estimate of drug-likeness (QED) is 0.805. The maximum Gasteiger partial charge on any atom is 0.244 e. The van der Waals surface area contributed by atoms with Gasteiger partial charge in [0.05, 0.1) is 6.54 Å². The summed E-state index contributed by atoms with van der Waals surface area (Å²) in [5.41, 5.74) is 6.03. The molecule has 0 bridgehead atoms. The number of sulfonamides is 1. The molecule has 0 unspecified atom stereocenters. The van der Waals surface area contributed by atoms with E-state index in [9.17, 15) is 8.42 Å². The molecule has 8 nitrogen and oxygen atoms in total. The van der Waals surface area contributed by atoms with Crippen molar-refractivity contribution in [3.63, 3.8) is 0 Å². The number of aryl methyl sites for hydroxylation is 2. The van der Waals surface area contributed by atoms with Crippen LogP contribution in [0.15, 0.2) is 20.2 Å². The molecule has 2 aromatic rings. The summed E-state index contributed by atoms with van der Waals surface area (Å²) >= 11 is 0. The maximum atomic E-state index is 12.2. The van der Waals surface area contributed by atoms with Crippen molar-refractivity contribution in [2.45, 2.75) is 31.8 Å². The number of nitrogens with one attached hydrogen (secondary N) is 1. The van der Waals surface area contributed by atoms with E-state index in [0.29, 0.717) is 17.1 Å². The second kappa shape index (κ2) is 5.11. The molecule has 9 heteroatoms. The fraction of sp³-hybridized carbons (Fsp3) is 0.400. The normalized spacial score (nSPS) is 11.9. The van der Waals surface area contributed by atoms with Gasteiger partial charge in [-0.1, -0.05) is 5.16 Å². The lowest BCUT2D eigenvalue weighted by Gasteiger charge is -2.05. The van der Waals surface area contributed by atoms with Crippen LogP contribution in [0, 0.1) is 13.8 Å². The Hall–Kier alpha value is -1.71. The summed E-state index contributed by atoms with van der Waals surface area (Å²) in [4.78, 5) is 3.81. The molecule has 0 radical (unpaired) electrons. The van der Waals surface area contributed by atoms with E-state index in [1.54, 1.807) is 13.8 Å². The Morgan fingerprint density at radius 2 is 2.11 bits per heavy atom. The van der Waals surface area contributed by atoms with Crippen molar-refractivity contribution in [3.05, 3.63) is 29.3 Å². The number of rotatable bonds is 5. The van der Waals surface area contributed by atoms with Crippen LogP contribution in [-0.4, -0.2) is 18.6 Å². The van der Waals surface area contributed by atoms with E-state index in [-0.39, 0.29) is 23.8 Å². The molecule has 0 amide bonds. The van der Waals surface area contributed by atoms with Crippen LogP contribution in [0.1, 0.15) is 22.9 Å². The van der Waals surface area contributed by atoms with Crippen molar-refractivity contribution in [2.75, 3.05) is 0 Å². The molecule has 0 aromatic carbocycles. The van der Waals surface area contributed by atoms with E-state index in [1.807, 2.05) is 0 Å². The number of hydrogen-bond acceptors (Lipinski definition) is 7. The zero-order chi connectivity index (χ0) is 14.0. The first kappa shape index (κ1) is 13.7. The zero-order valence-corrected chi connectivity index (χ0v) is 11.3. The third kappa shape index (κ3) is 2.67. The first-order chi connectivity index (χ1) is 8.95. The van der Waals surface area contributed by atoms with Crippen LogP contribution in [0.2, 0.25) is 0 Å². The van der Waals surface area contributed by atoms with Crippen molar-refractivity contribution < 1.29 is 17.4 Å². The molecule has 2 aromatic heterocycles. The van der Waals surface area contributed by atoms with Crippen molar-refractivity contribution >= 4 is 10.0 Å². The minimum Gasteiger partial charge on any atom is -0.465 e. The topological polar surface area (TPSA) is 124 Å². The van der Waals surface area contributed by atoms with E-state index in [1.165, 1.54) is 0 Å². The van der Waals surface area contributed by atoms with Crippen molar-refractivity contribution in [1.29, 1.82) is 0 Å². The largest absolute Gasteiger partial charge is 0.465 e. The van der Waals surface area contributed by atoms with Gasteiger partial charge >= 0.3 is 0 Å². The summed E-state index contributed by atoms with van der Waals surface area (Å²) in [6, 6.07) is 0. The van der Waals surface area contributed by atoms with Crippen LogP contribution < -0.4 is 10.5 Å². The van der Waals surface area contributed by atoms with E-state index in [4.69, 9.17) is 10.2 Å². The molecule has 2 heterocycles. The van der Waals surface area contributed by atoms with E-state index >= 15 is 0 Å². The molecule has 0 saturated heterocycles. The predicted molar refractivity (Wildman–Crippen MR) is 64.4 cm³/mol. The zero-order valence-electron chi connectivity index (χ0n) is 10.5. The van der Waals surface area contributed by atoms with Gasteiger partial charge in [0.25, 0.3) is 0 Å². The maximum absolute atomic E-state index is 12.2. The first-order valence-corrected chi connectivity index (χ1v) is 6.98. The van der Waals surface area contributed by atoms with E-state index < -0.39 is 10.0 Å². The van der Waals surface area contributed by atoms with Crippen LogP contribution in [0.4, 0.5) is 0 Å². The molecule has 0 aliphatic carbocycles. The monoisotopic (exact) mass is 286 g/mol. The fourth-order valence-electron chi connectivity index (χ4n) is 1.80. The molecule has 0 atom stereocenters. The predicted octanol–water partition coefficient (Wildman–Crippen LogP) is 0.217. The fourth-order valence-corrected chi connectivity index (χ4v) is 3.23. The Labute approximate surface area is 110 Å². The summed E-state index contributed by atoms with van der Waals surface area (Å²) in [6.45, 7) is 3.27.